The fourth-order valence-corrected chi connectivity index (χ4v) is 4.90. The van der Waals surface area contributed by atoms with Gasteiger partial charge < -0.3 is 10.6 Å². The Morgan fingerprint density at radius 3 is 2.62 bits per heavy atom. The molecule has 0 aromatic carbocycles. The molecule has 24 heavy (non-hydrogen) atoms. The van der Waals surface area contributed by atoms with E-state index in [1.807, 2.05) is 0 Å². The molecule has 0 saturated carbocycles. The molecule has 8 nitrogen and oxygen atoms in total. The fraction of sp³-hybridized carbons (Fsp3) is 0.733. The average molecular weight is 357 g/mol. The largest absolute Gasteiger partial charge is 0.337 e. The van der Waals surface area contributed by atoms with Crippen molar-refractivity contribution >= 4 is 15.9 Å². The van der Waals surface area contributed by atoms with Crippen LogP contribution in [0.15, 0.2) is 4.90 Å². The Bertz CT molecular complexity index is 713. The molecule has 1 aliphatic rings. The summed E-state index contributed by atoms with van der Waals surface area (Å²) >= 11 is 0. The first-order valence-electron chi connectivity index (χ1n) is 8.22. The van der Waals surface area contributed by atoms with Gasteiger partial charge in [-0.05, 0) is 40.0 Å². The number of hydrogen-bond acceptors (Lipinski definition) is 5. The van der Waals surface area contributed by atoms with Crippen LogP contribution in [0.25, 0.3) is 0 Å². The number of carbonyl (C=O) groups is 1. The van der Waals surface area contributed by atoms with Gasteiger partial charge in [-0.15, -0.1) is 0 Å². The van der Waals surface area contributed by atoms with Crippen LogP contribution in [0.4, 0.5) is 0 Å². The zero-order valence-electron chi connectivity index (χ0n) is 14.7. The maximum atomic E-state index is 12.7. The molecule has 0 radical (unpaired) electrons. The van der Waals surface area contributed by atoms with Gasteiger partial charge in [0.05, 0.1) is 17.4 Å². The number of rotatable bonds is 5. The highest BCUT2D eigenvalue weighted by Crippen LogP contribution is 2.20. The van der Waals surface area contributed by atoms with E-state index in [9.17, 15) is 13.2 Å². The smallest absolute Gasteiger partial charge is 0.244 e. The Labute approximate surface area is 143 Å². The van der Waals surface area contributed by atoms with Crippen LogP contribution >= 0.6 is 0 Å². The van der Waals surface area contributed by atoms with Gasteiger partial charge in [-0.25, -0.2) is 8.42 Å². The maximum Gasteiger partial charge on any atom is 0.244 e. The molecule has 0 bridgehead atoms. The van der Waals surface area contributed by atoms with Gasteiger partial charge in [0.15, 0.2) is 0 Å². The normalized spacial score (nSPS) is 20.2. The van der Waals surface area contributed by atoms with Gasteiger partial charge >= 0.3 is 0 Å². The van der Waals surface area contributed by atoms with E-state index in [0.717, 1.165) is 19.3 Å². The topological polar surface area (TPSA) is 110 Å². The average Bonchev–Trinajstić information content (AvgIpc) is 2.79. The summed E-state index contributed by atoms with van der Waals surface area (Å²) in [7, 11) is -2.13. The Hall–Kier alpha value is -1.45. The highest BCUT2D eigenvalue weighted by molar-refractivity contribution is 7.89. The molecule has 3 N–H and O–H groups in total. The van der Waals surface area contributed by atoms with Gasteiger partial charge in [0.2, 0.25) is 15.9 Å². The molecule has 2 unspecified atom stereocenters. The molecule has 0 spiro atoms. The molecule has 9 heteroatoms. The van der Waals surface area contributed by atoms with Crippen molar-refractivity contribution in [3.63, 3.8) is 0 Å². The summed E-state index contributed by atoms with van der Waals surface area (Å²) in [5.41, 5.74) is 6.70. The lowest BCUT2D eigenvalue weighted by molar-refractivity contribution is -0.136. The van der Waals surface area contributed by atoms with E-state index in [1.54, 1.807) is 32.7 Å². The first kappa shape index (κ1) is 18.9. The number of aromatic nitrogens is 2. The van der Waals surface area contributed by atoms with Crippen LogP contribution in [0.1, 0.15) is 37.6 Å². The van der Waals surface area contributed by atoms with Crippen molar-refractivity contribution < 1.29 is 13.2 Å². The van der Waals surface area contributed by atoms with E-state index in [1.165, 1.54) is 4.68 Å². The van der Waals surface area contributed by atoms with Crippen molar-refractivity contribution in [3.05, 3.63) is 11.4 Å². The fourth-order valence-electron chi connectivity index (χ4n) is 3.27. The van der Waals surface area contributed by atoms with Crippen molar-refractivity contribution in [1.29, 1.82) is 0 Å². The Kier molecular flexibility index (Phi) is 5.67. The number of nitrogens with zero attached hydrogens (tertiary/aromatic N) is 3. The third kappa shape index (κ3) is 3.62. The van der Waals surface area contributed by atoms with E-state index >= 15 is 0 Å². The Morgan fingerprint density at radius 2 is 2.08 bits per heavy atom. The molecule has 1 saturated heterocycles. The lowest BCUT2D eigenvalue weighted by Gasteiger charge is -2.36. The molecular formula is C15H27N5O3S. The van der Waals surface area contributed by atoms with E-state index in [0.29, 0.717) is 24.5 Å². The minimum atomic E-state index is -3.82. The minimum Gasteiger partial charge on any atom is -0.337 e. The number of aryl methyl sites for hydroxylation is 2. The van der Waals surface area contributed by atoms with Crippen molar-refractivity contribution in [2.75, 3.05) is 13.1 Å². The highest BCUT2D eigenvalue weighted by Gasteiger charge is 2.32. The van der Waals surface area contributed by atoms with E-state index < -0.39 is 16.1 Å². The molecule has 2 rings (SSSR count). The number of amides is 1. The van der Waals surface area contributed by atoms with Crippen molar-refractivity contribution in [2.24, 2.45) is 12.8 Å². The summed E-state index contributed by atoms with van der Waals surface area (Å²) in [6.07, 6.45) is 2.82. The number of carbonyl (C=O) groups excluding carboxylic acids is 1. The summed E-state index contributed by atoms with van der Waals surface area (Å²) in [4.78, 5) is 14.5. The van der Waals surface area contributed by atoms with Crippen molar-refractivity contribution in [2.45, 2.75) is 57.0 Å². The minimum absolute atomic E-state index is 0.0138. The van der Waals surface area contributed by atoms with E-state index in [4.69, 9.17) is 5.73 Å². The number of nitrogens with two attached hydrogens (primary N) is 1. The molecule has 1 aromatic rings. The molecule has 1 fully saturated rings. The van der Waals surface area contributed by atoms with Gasteiger partial charge in [0.25, 0.3) is 0 Å². The van der Waals surface area contributed by atoms with Gasteiger partial charge in [-0.1, -0.05) is 0 Å². The van der Waals surface area contributed by atoms with Crippen LogP contribution in [0.3, 0.4) is 0 Å². The number of nitrogens with one attached hydrogen (secondary N) is 1. The van der Waals surface area contributed by atoms with Gasteiger partial charge in [-0.3, -0.25) is 9.48 Å². The lowest BCUT2D eigenvalue weighted by Crippen LogP contribution is -2.54. The molecule has 0 aliphatic carbocycles. The van der Waals surface area contributed by atoms with Gasteiger partial charge in [0.1, 0.15) is 4.90 Å². The second-order valence-corrected chi connectivity index (χ2v) is 8.03. The zero-order chi connectivity index (χ0) is 18.1. The summed E-state index contributed by atoms with van der Waals surface area (Å²) in [6, 6.07) is -0.860. The Morgan fingerprint density at radius 1 is 1.42 bits per heavy atom. The second kappa shape index (κ2) is 7.20. The van der Waals surface area contributed by atoms with Crippen LogP contribution in [0.5, 0.6) is 0 Å². The highest BCUT2D eigenvalue weighted by atomic mass is 32.2. The molecule has 136 valence electrons. The van der Waals surface area contributed by atoms with Gasteiger partial charge in [0, 0.05) is 26.2 Å². The SMILES string of the molecule is Cc1nn(C)c(C)c1S(=O)(=O)NC(C)C(=O)N1CCCCC1CN. The van der Waals surface area contributed by atoms with Gasteiger partial charge in [-0.2, -0.15) is 9.82 Å². The third-order valence-electron chi connectivity index (χ3n) is 4.60. The first-order chi connectivity index (χ1) is 11.2. The molecule has 1 aliphatic heterocycles. The van der Waals surface area contributed by atoms with Crippen LogP contribution in [-0.4, -0.2) is 54.2 Å². The van der Waals surface area contributed by atoms with Crippen molar-refractivity contribution in [1.82, 2.24) is 19.4 Å². The molecule has 2 atom stereocenters. The number of likely N-dealkylation sites (tertiary alicyclic amines) is 1. The number of sulfonamides is 1. The first-order valence-corrected chi connectivity index (χ1v) is 9.70. The standard InChI is InChI=1S/C15H27N5O3S/c1-10-14(12(3)19(4)17-10)24(22,23)18-11(2)15(21)20-8-6-5-7-13(20)9-16/h11,13,18H,5-9,16H2,1-4H3. The summed E-state index contributed by atoms with van der Waals surface area (Å²) in [6.45, 7) is 5.92. The second-order valence-electron chi connectivity index (χ2n) is 6.38. The van der Waals surface area contributed by atoms with Crippen molar-refractivity contribution in [3.8, 4) is 0 Å². The Balaban J connectivity index is 2.18. The summed E-state index contributed by atoms with van der Waals surface area (Å²) in [5.74, 6) is -0.229. The van der Waals surface area contributed by atoms with E-state index in [2.05, 4.69) is 9.82 Å². The zero-order valence-corrected chi connectivity index (χ0v) is 15.6. The van der Waals surface area contributed by atoms with E-state index in [-0.39, 0.29) is 16.8 Å². The summed E-state index contributed by atoms with van der Waals surface area (Å²) < 4.78 is 29.4. The number of piperidine rings is 1. The number of hydrogen-bond donors (Lipinski definition) is 2. The predicted octanol–water partition coefficient (Wildman–Crippen LogP) is 0.0435. The third-order valence-corrected chi connectivity index (χ3v) is 6.39. The predicted molar refractivity (Wildman–Crippen MR) is 90.9 cm³/mol. The molecule has 1 aromatic heterocycles. The van der Waals surface area contributed by atoms with Crippen LogP contribution in [-0.2, 0) is 21.9 Å². The quantitative estimate of drug-likeness (QED) is 0.773. The maximum absolute atomic E-state index is 12.7. The summed E-state index contributed by atoms with van der Waals surface area (Å²) in [5, 5.41) is 4.13. The monoisotopic (exact) mass is 357 g/mol. The van der Waals surface area contributed by atoms with Crippen LogP contribution < -0.4 is 10.5 Å². The van der Waals surface area contributed by atoms with Crippen LogP contribution in [0, 0.1) is 13.8 Å². The molecular weight excluding hydrogens is 330 g/mol. The molecule has 2 heterocycles. The lowest BCUT2D eigenvalue weighted by atomic mass is 10.0. The van der Waals surface area contributed by atoms with Crippen LogP contribution in [0.2, 0.25) is 0 Å². The molecule has 1 amide bonds.